The number of rotatable bonds is 7. The number of nitrogens with zero attached hydrogens (tertiary/aromatic N) is 2. The molecule has 2 rings (SSSR count). The van der Waals surface area contributed by atoms with Gasteiger partial charge in [0.2, 0.25) is 0 Å². The van der Waals surface area contributed by atoms with Gasteiger partial charge in [0.05, 0.1) is 11.9 Å². The third-order valence-electron chi connectivity index (χ3n) is 3.25. The van der Waals surface area contributed by atoms with Crippen LogP contribution in [0, 0.1) is 0 Å². The SMILES string of the molecule is CCCN(CCC)c1ccc(NC(=O)NC2CC2)nc1. The van der Waals surface area contributed by atoms with Crippen molar-refractivity contribution in [1.82, 2.24) is 10.3 Å². The van der Waals surface area contributed by atoms with Crippen molar-refractivity contribution in [2.24, 2.45) is 0 Å². The summed E-state index contributed by atoms with van der Waals surface area (Å²) in [6.07, 6.45) is 6.23. The summed E-state index contributed by atoms with van der Waals surface area (Å²) >= 11 is 0. The summed E-state index contributed by atoms with van der Waals surface area (Å²) in [5, 5.41) is 5.64. The Labute approximate surface area is 120 Å². The number of hydrogen-bond donors (Lipinski definition) is 2. The van der Waals surface area contributed by atoms with Crippen molar-refractivity contribution in [3.8, 4) is 0 Å². The van der Waals surface area contributed by atoms with E-state index in [1.54, 1.807) is 0 Å². The fourth-order valence-corrected chi connectivity index (χ4v) is 2.12. The van der Waals surface area contributed by atoms with Crippen LogP contribution in [-0.4, -0.2) is 30.1 Å². The van der Waals surface area contributed by atoms with Gasteiger partial charge < -0.3 is 10.2 Å². The predicted molar refractivity (Wildman–Crippen MR) is 82.2 cm³/mol. The summed E-state index contributed by atoms with van der Waals surface area (Å²) in [6, 6.07) is 4.08. The number of anilines is 2. The van der Waals surface area contributed by atoms with Crippen LogP contribution in [0.2, 0.25) is 0 Å². The van der Waals surface area contributed by atoms with Crippen LogP contribution in [0.25, 0.3) is 0 Å². The summed E-state index contributed by atoms with van der Waals surface area (Å²) in [5.74, 6) is 0.597. The minimum Gasteiger partial charge on any atom is -0.370 e. The van der Waals surface area contributed by atoms with E-state index >= 15 is 0 Å². The fraction of sp³-hybridized carbons (Fsp3) is 0.600. The lowest BCUT2D eigenvalue weighted by Gasteiger charge is -2.23. The Morgan fingerprint density at radius 1 is 1.30 bits per heavy atom. The fourth-order valence-electron chi connectivity index (χ4n) is 2.12. The largest absolute Gasteiger partial charge is 0.370 e. The number of nitrogens with one attached hydrogen (secondary N) is 2. The van der Waals surface area contributed by atoms with E-state index in [0.29, 0.717) is 11.9 Å². The zero-order valence-corrected chi connectivity index (χ0v) is 12.4. The van der Waals surface area contributed by atoms with Crippen molar-refractivity contribution in [1.29, 1.82) is 0 Å². The first-order valence-electron chi connectivity index (χ1n) is 7.51. The summed E-state index contributed by atoms with van der Waals surface area (Å²) < 4.78 is 0. The predicted octanol–water partition coefficient (Wildman–Crippen LogP) is 2.99. The van der Waals surface area contributed by atoms with Crippen LogP contribution in [0.4, 0.5) is 16.3 Å². The molecule has 5 heteroatoms. The van der Waals surface area contributed by atoms with Gasteiger partial charge in [-0.05, 0) is 37.8 Å². The molecule has 1 aromatic rings. The number of amides is 2. The molecule has 2 N–H and O–H groups in total. The Bertz CT molecular complexity index is 422. The molecule has 110 valence electrons. The standard InChI is InChI=1S/C15H24N4O/c1-3-9-19(10-4-2)13-7-8-14(16-11-13)18-15(20)17-12-5-6-12/h7-8,11-12H,3-6,9-10H2,1-2H3,(H2,16,17,18,20). The molecule has 0 bridgehead atoms. The highest BCUT2D eigenvalue weighted by molar-refractivity contribution is 5.88. The first kappa shape index (κ1) is 14.6. The van der Waals surface area contributed by atoms with E-state index in [1.165, 1.54) is 0 Å². The average Bonchev–Trinajstić information content (AvgIpc) is 3.23. The molecule has 0 radical (unpaired) electrons. The highest BCUT2D eigenvalue weighted by Crippen LogP contribution is 2.19. The van der Waals surface area contributed by atoms with Crippen molar-refractivity contribution in [3.05, 3.63) is 18.3 Å². The zero-order chi connectivity index (χ0) is 14.4. The molecule has 1 saturated carbocycles. The van der Waals surface area contributed by atoms with Crippen molar-refractivity contribution >= 4 is 17.5 Å². The molecular formula is C15H24N4O. The normalized spacial score (nSPS) is 13.9. The number of hydrogen-bond acceptors (Lipinski definition) is 3. The monoisotopic (exact) mass is 276 g/mol. The maximum absolute atomic E-state index is 11.6. The van der Waals surface area contributed by atoms with Crippen LogP contribution in [0.3, 0.4) is 0 Å². The molecule has 0 spiro atoms. The minimum absolute atomic E-state index is 0.160. The third-order valence-corrected chi connectivity index (χ3v) is 3.25. The van der Waals surface area contributed by atoms with Gasteiger partial charge in [-0.2, -0.15) is 0 Å². The first-order chi connectivity index (χ1) is 9.72. The van der Waals surface area contributed by atoms with E-state index < -0.39 is 0 Å². The molecule has 1 fully saturated rings. The van der Waals surface area contributed by atoms with Crippen LogP contribution < -0.4 is 15.5 Å². The van der Waals surface area contributed by atoms with E-state index in [0.717, 1.165) is 44.5 Å². The number of pyridine rings is 1. The lowest BCUT2D eigenvalue weighted by Crippen LogP contribution is -2.30. The highest BCUT2D eigenvalue weighted by atomic mass is 16.2. The summed E-state index contributed by atoms with van der Waals surface area (Å²) in [5.41, 5.74) is 1.11. The van der Waals surface area contributed by atoms with Crippen LogP contribution >= 0.6 is 0 Å². The number of urea groups is 1. The van der Waals surface area contributed by atoms with E-state index in [1.807, 2.05) is 18.3 Å². The van der Waals surface area contributed by atoms with E-state index in [-0.39, 0.29) is 6.03 Å². The molecule has 1 aliphatic carbocycles. The van der Waals surface area contributed by atoms with Crippen molar-refractivity contribution < 1.29 is 4.79 Å². The summed E-state index contributed by atoms with van der Waals surface area (Å²) in [7, 11) is 0. The Morgan fingerprint density at radius 2 is 2.00 bits per heavy atom. The molecule has 2 amide bonds. The topological polar surface area (TPSA) is 57.3 Å². The Morgan fingerprint density at radius 3 is 2.50 bits per heavy atom. The maximum atomic E-state index is 11.6. The van der Waals surface area contributed by atoms with Crippen LogP contribution in [0.1, 0.15) is 39.5 Å². The van der Waals surface area contributed by atoms with Gasteiger partial charge in [-0.15, -0.1) is 0 Å². The molecule has 0 unspecified atom stereocenters. The van der Waals surface area contributed by atoms with Gasteiger partial charge in [0.15, 0.2) is 0 Å². The van der Waals surface area contributed by atoms with Gasteiger partial charge in [0.25, 0.3) is 0 Å². The molecule has 20 heavy (non-hydrogen) atoms. The van der Waals surface area contributed by atoms with Gasteiger partial charge in [-0.3, -0.25) is 5.32 Å². The number of carbonyl (C=O) groups is 1. The molecule has 0 atom stereocenters. The Hall–Kier alpha value is -1.78. The molecule has 1 heterocycles. The lowest BCUT2D eigenvalue weighted by atomic mass is 10.3. The third kappa shape index (κ3) is 4.40. The molecule has 0 aliphatic heterocycles. The van der Waals surface area contributed by atoms with Crippen molar-refractivity contribution in [2.45, 2.75) is 45.6 Å². The molecule has 0 aromatic carbocycles. The van der Waals surface area contributed by atoms with Crippen molar-refractivity contribution in [2.75, 3.05) is 23.3 Å². The number of carbonyl (C=O) groups excluding carboxylic acids is 1. The van der Waals surface area contributed by atoms with Crippen molar-refractivity contribution in [3.63, 3.8) is 0 Å². The average molecular weight is 276 g/mol. The van der Waals surface area contributed by atoms with E-state index in [2.05, 4.69) is 34.4 Å². The highest BCUT2D eigenvalue weighted by Gasteiger charge is 2.23. The van der Waals surface area contributed by atoms with Gasteiger partial charge in [-0.1, -0.05) is 13.8 Å². The summed E-state index contributed by atoms with van der Waals surface area (Å²) in [4.78, 5) is 18.3. The lowest BCUT2D eigenvalue weighted by molar-refractivity contribution is 0.251. The molecule has 5 nitrogen and oxygen atoms in total. The van der Waals surface area contributed by atoms with Crippen LogP contribution in [0.15, 0.2) is 18.3 Å². The Balaban J connectivity index is 1.91. The van der Waals surface area contributed by atoms with Gasteiger partial charge in [-0.25, -0.2) is 9.78 Å². The van der Waals surface area contributed by atoms with Crippen LogP contribution in [0.5, 0.6) is 0 Å². The quantitative estimate of drug-likeness (QED) is 0.805. The van der Waals surface area contributed by atoms with Crippen LogP contribution in [-0.2, 0) is 0 Å². The minimum atomic E-state index is -0.160. The van der Waals surface area contributed by atoms with Gasteiger partial charge in [0.1, 0.15) is 5.82 Å². The van der Waals surface area contributed by atoms with E-state index in [4.69, 9.17) is 0 Å². The maximum Gasteiger partial charge on any atom is 0.320 e. The first-order valence-corrected chi connectivity index (χ1v) is 7.51. The smallest absolute Gasteiger partial charge is 0.320 e. The number of aromatic nitrogens is 1. The van der Waals surface area contributed by atoms with Gasteiger partial charge >= 0.3 is 6.03 Å². The molecular weight excluding hydrogens is 252 g/mol. The summed E-state index contributed by atoms with van der Waals surface area (Å²) in [6.45, 7) is 6.41. The molecule has 1 aliphatic rings. The molecule has 1 aromatic heterocycles. The second-order valence-electron chi connectivity index (χ2n) is 5.26. The molecule has 0 saturated heterocycles. The van der Waals surface area contributed by atoms with E-state index in [9.17, 15) is 4.79 Å². The second kappa shape index (κ2) is 7.12. The second-order valence-corrected chi connectivity index (χ2v) is 5.26. The van der Waals surface area contributed by atoms with Gasteiger partial charge in [0, 0.05) is 19.1 Å². The Kier molecular flexibility index (Phi) is 5.21. The zero-order valence-electron chi connectivity index (χ0n) is 12.4.